The summed E-state index contributed by atoms with van der Waals surface area (Å²) in [5.74, 6) is 1.13. The summed E-state index contributed by atoms with van der Waals surface area (Å²) in [6.45, 7) is 2.83. The summed E-state index contributed by atoms with van der Waals surface area (Å²) >= 11 is 1.70. The van der Waals surface area contributed by atoms with E-state index < -0.39 is 0 Å². The van der Waals surface area contributed by atoms with Gasteiger partial charge in [-0.3, -0.25) is 14.0 Å². The molecule has 32 heavy (non-hydrogen) atoms. The van der Waals surface area contributed by atoms with Crippen LogP contribution in [0, 0.1) is 0 Å². The molecule has 0 aliphatic heterocycles. The third-order valence-electron chi connectivity index (χ3n) is 5.42. The van der Waals surface area contributed by atoms with Gasteiger partial charge in [-0.05, 0) is 31.0 Å². The lowest BCUT2D eigenvalue weighted by atomic mass is 10.1. The molecule has 1 amide bonds. The van der Waals surface area contributed by atoms with Gasteiger partial charge in [-0.25, -0.2) is 4.68 Å². The molecule has 4 rings (SSSR count). The molecule has 8 nitrogen and oxygen atoms in total. The van der Waals surface area contributed by atoms with Crippen molar-refractivity contribution in [2.75, 3.05) is 14.2 Å². The second-order valence-electron chi connectivity index (χ2n) is 7.41. The van der Waals surface area contributed by atoms with E-state index in [0.717, 1.165) is 22.2 Å². The average Bonchev–Trinajstić information content (AvgIpc) is 3.37. The van der Waals surface area contributed by atoms with Crippen LogP contribution >= 0.6 is 11.3 Å². The Morgan fingerprint density at radius 3 is 2.78 bits per heavy atom. The second kappa shape index (κ2) is 9.44. The largest absolute Gasteiger partial charge is 0.493 e. The molecule has 0 atom stereocenters. The Labute approximate surface area is 189 Å². The van der Waals surface area contributed by atoms with Gasteiger partial charge in [0.2, 0.25) is 5.91 Å². The van der Waals surface area contributed by atoms with Crippen molar-refractivity contribution in [1.82, 2.24) is 19.5 Å². The molecule has 0 aliphatic carbocycles. The predicted octanol–water partition coefficient (Wildman–Crippen LogP) is 3.39. The Kier molecular flexibility index (Phi) is 6.45. The van der Waals surface area contributed by atoms with Crippen molar-refractivity contribution in [2.45, 2.75) is 39.3 Å². The number of benzene rings is 1. The van der Waals surface area contributed by atoms with E-state index in [1.165, 1.54) is 9.56 Å². The SMILES string of the molecule is CCc1cc2c(cc3c(=O)n(CCCC(=O)NCc4cccc(OC)c4OC)ncn32)s1. The molecule has 0 saturated carbocycles. The molecule has 1 aromatic carbocycles. The molecular weight excluding hydrogens is 428 g/mol. The van der Waals surface area contributed by atoms with E-state index in [-0.39, 0.29) is 11.5 Å². The number of carbonyl (C=O) groups is 1. The van der Waals surface area contributed by atoms with Crippen LogP contribution < -0.4 is 20.3 Å². The number of para-hydroxylation sites is 1. The first-order chi connectivity index (χ1) is 15.5. The summed E-state index contributed by atoms with van der Waals surface area (Å²) in [4.78, 5) is 26.4. The quantitative estimate of drug-likeness (QED) is 0.419. The van der Waals surface area contributed by atoms with Gasteiger partial charge >= 0.3 is 0 Å². The van der Waals surface area contributed by atoms with Crippen molar-refractivity contribution in [1.29, 1.82) is 0 Å². The number of nitrogens with zero attached hydrogens (tertiary/aromatic N) is 3. The number of hydrogen-bond donors (Lipinski definition) is 1. The third kappa shape index (κ3) is 4.20. The van der Waals surface area contributed by atoms with Crippen LogP contribution in [0.1, 0.15) is 30.2 Å². The van der Waals surface area contributed by atoms with E-state index >= 15 is 0 Å². The van der Waals surface area contributed by atoms with Crippen molar-refractivity contribution < 1.29 is 14.3 Å². The summed E-state index contributed by atoms with van der Waals surface area (Å²) < 4.78 is 15.0. The smallest absolute Gasteiger partial charge is 0.291 e. The minimum Gasteiger partial charge on any atom is -0.493 e. The van der Waals surface area contributed by atoms with Crippen molar-refractivity contribution in [2.24, 2.45) is 0 Å². The topological polar surface area (TPSA) is 86.9 Å². The van der Waals surface area contributed by atoms with E-state index in [9.17, 15) is 9.59 Å². The fraction of sp³-hybridized carbons (Fsp3) is 0.348. The summed E-state index contributed by atoms with van der Waals surface area (Å²) in [5, 5.41) is 7.20. The van der Waals surface area contributed by atoms with Gasteiger partial charge in [-0.15, -0.1) is 11.3 Å². The van der Waals surface area contributed by atoms with Crippen LogP contribution in [0.3, 0.4) is 0 Å². The van der Waals surface area contributed by atoms with Gasteiger partial charge in [0, 0.05) is 30.0 Å². The normalized spacial score (nSPS) is 11.2. The van der Waals surface area contributed by atoms with Crippen LogP contribution in [0.2, 0.25) is 0 Å². The van der Waals surface area contributed by atoms with Gasteiger partial charge in [0.05, 0.1) is 24.4 Å². The van der Waals surface area contributed by atoms with E-state index in [1.807, 2.05) is 28.7 Å². The highest BCUT2D eigenvalue weighted by molar-refractivity contribution is 7.19. The molecular formula is C23H26N4O4S. The standard InChI is InChI=1S/C23H26N4O4S/c1-4-16-11-17-20(32-16)12-18-23(29)27(25-14-26(17)18)10-6-9-21(28)24-13-15-7-5-8-19(30-2)22(15)31-3/h5,7-8,11-12,14H,4,6,9-10,13H2,1-3H3,(H,24,28). The van der Waals surface area contributed by atoms with Crippen LogP contribution in [0.15, 0.2) is 41.5 Å². The molecule has 0 saturated heterocycles. The fourth-order valence-corrected chi connectivity index (χ4v) is 4.78. The van der Waals surface area contributed by atoms with Crippen molar-refractivity contribution >= 4 is 33.0 Å². The number of ether oxygens (including phenoxy) is 2. The number of nitrogens with one attached hydrogen (secondary N) is 1. The minimum absolute atomic E-state index is 0.0979. The Morgan fingerprint density at radius 1 is 1.19 bits per heavy atom. The molecule has 168 valence electrons. The van der Waals surface area contributed by atoms with Crippen molar-refractivity contribution in [3.8, 4) is 11.5 Å². The highest BCUT2D eigenvalue weighted by Crippen LogP contribution is 2.30. The Balaban J connectivity index is 1.36. The molecule has 0 bridgehead atoms. The summed E-state index contributed by atoms with van der Waals surface area (Å²) in [7, 11) is 3.15. The monoisotopic (exact) mass is 454 g/mol. The van der Waals surface area contributed by atoms with E-state index in [0.29, 0.717) is 42.9 Å². The lowest BCUT2D eigenvalue weighted by molar-refractivity contribution is -0.121. The van der Waals surface area contributed by atoms with Gasteiger partial charge in [-0.2, -0.15) is 5.10 Å². The number of rotatable bonds is 9. The maximum absolute atomic E-state index is 12.8. The number of methoxy groups -OCH3 is 2. The van der Waals surface area contributed by atoms with Crippen molar-refractivity contribution in [3.05, 3.63) is 57.5 Å². The first kappa shape index (κ1) is 21.9. The second-order valence-corrected chi connectivity index (χ2v) is 8.58. The summed E-state index contributed by atoms with van der Waals surface area (Å²) in [5.41, 5.74) is 2.32. The van der Waals surface area contributed by atoms with Crippen LogP contribution in [0.25, 0.3) is 15.7 Å². The zero-order valence-electron chi connectivity index (χ0n) is 18.4. The fourth-order valence-electron chi connectivity index (χ4n) is 3.75. The number of thiophene rings is 1. The number of aromatic nitrogens is 3. The maximum atomic E-state index is 12.8. The van der Waals surface area contributed by atoms with Gasteiger partial charge in [0.1, 0.15) is 11.8 Å². The maximum Gasteiger partial charge on any atom is 0.291 e. The van der Waals surface area contributed by atoms with Gasteiger partial charge in [0.25, 0.3) is 5.56 Å². The van der Waals surface area contributed by atoms with Gasteiger partial charge < -0.3 is 14.8 Å². The lowest BCUT2D eigenvalue weighted by Gasteiger charge is -2.13. The Bertz CT molecular complexity index is 1320. The number of aryl methyl sites for hydroxylation is 2. The highest BCUT2D eigenvalue weighted by atomic mass is 32.1. The average molecular weight is 455 g/mol. The number of carbonyl (C=O) groups excluding carboxylic acids is 1. The number of hydrogen-bond acceptors (Lipinski definition) is 6. The number of amides is 1. The molecule has 3 aromatic heterocycles. The summed E-state index contributed by atoms with van der Waals surface area (Å²) in [6, 6.07) is 9.58. The number of fused-ring (bicyclic) bond motifs is 3. The predicted molar refractivity (Wildman–Crippen MR) is 125 cm³/mol. The molecule has 0 fully saturated rings. The van der Waals surface area contributed by atoms with Gasteiger partial charge in [0.15, 0.2) is 11.5 Å². The summed E-state index contributed by atoms with van der Waals surface area (Å²) in [6.07, 6.45) is 3.46. The Hall–Kier alpha value is -3.33. The lowest BCUT2D eigenvalue weighted by Crippen LogP contribution is -2.26. The zero-order chi connectivity index (χ0) is 22.7. The molecule has 0 unspecified atom stereocenters. The van der Waals surface area contributed by atoms with E-state index in [1.54, 1.807) is 31.9 Å². The van der Waals surface area contributed by atoms with Crippen LogP contribution in [0.4, 0.5) is 0 Å². The third-order valence-corrected chi connectivity index (χ3v) is 6.64. The van der Waals surface area contributed by atoms with Crippen molar-refractivity contribution in [3.63, 3.8) is 0 Å². The van der Waals surface area contributed by atoms with Crippen LogP contribution in [-0.4, -0.2) is 34.3 Å². The van der Waals surface area contributed by atoms with Crippen LogP contribution in [0.5, 0.6) is 11.5 Å². The first-order valence-electron chi connectivity index (χ1n) is 10.5. The van der Waals surface area contributed by atoms with Crippen LogP contribution in [-0.2, 0) is 24.3 Å². The minimum atomic E-state index is -0.143. The Morgan fingerprint density at radius 2 is 2.03 bits per heavy atom. The molecule has 0 aliphatic rings. The molecule has 0 spiro atoms. The molecule has 9 heteroatoms. The van der Waals surface area contributed by atoms with Gasteiger partial charge in [-0.1, -0.05) is 19.1 Å². The van der Waals surface area contributed by atoms with E-state index in [4.69, 9.17) is 9.47 Å². The molecule has 3 heterocycles. The first-order valence-corrected chi connectivity index (χ1v) is 11.3. The molecule has 4 aromatic rings. The highest BCUT2D eigenvalue weighted by Gasteiger charge is 2.13. The van der Waals surface area contributed by atoms with E-state index in [2.05, 4.69) is 23.4 Å². The zero-order valence-corrected chi connectivity index (χ0v) is 19.2. The molecule has 1 N–H and O–H groups in total. The molecule has 0 radical (unpaired) electrons.